The van der Waals surface area contributed by atoms with Crippen molar-refractivity contribution >= 4 is 29.9 Å². The molecule has 156 valence electrons. The summed E-state index contributed by atoms with van der Waals surface area (Å²) >= 11 is 0. The highest BCUT2D eigenvalue weighted by Crippen LogP contribution is 2.18. The molecule has 0 saturated carbocycles. The van der Waals surface area contributed by atoms with E-state index in [2.05, 4.69) is 49.6 Å². The number of rotatable bonds is 9. The average molecular weight is 500 g/mol. The Morgan fingerprint density at radius 2 is 1.93 bits per heavy atom. The van der Waals surface area contributed by atoms with Crippen molar-refractivity contribution in [1.29, 1.82) is 0 Å². The monoisotopic (exact) mass is 500 g/mol. The van der Waals surface area contributed by atoms with Gasteiger partial charge in [0, 0.05) is 18.5 Å². The highest BCUT2D eigenvalue weighted by Gasteiger charge is 2.13. The highest BCUT2D eigenvalue weighted by molar-refractivity contribution is 14.0. The van der Waals surface area contributed by atoms with E-state index in [1.165, 1.54) is 0 Å². The standard InChI is InChI=1S/C21H32N4O2.HI/c1-6-18-17(19(7-2)27-25-18)14-24-21(22-8-3)23-13-16(5)26-20-12-10-9-11-15(20)4;/h9-12,16H,6-8,13-14H2,1-5H3,(H2,22,23,24);1H. The first-order valence-electron chi connectivity index (χ1n) is 9.79. The van der Waals surface area contributed by atoms with Gasteiger partial charge in [-0.2, -0.15) is 0 Å². The van der Waals surface area contributed by atoms with Crippen LogP contribution in [0.15, 0.2) is 33.8 Å². The molecule has 0 aliphatic carbocycles. The van der Waals surface area contributed by atoms with Gasteiger partial charge in [-0.1, -0.05) is 37.2 Å². The van der Waals surface area contributed by atoms with Crippen LogP contribution in [0.5, 0.6) is 5.75 Å². The van der Waals surface area contributed by atoms with E-state index < -0.39 is 0 Å². The van der Waals surface area contributed by atoms with Gasteiger partial charge in [-0.3, -0.25) is 0 Å². The summed E-state index contributed by atoms with van der Waals surface area (Å²) in [6.07, 6.45) is 1.69. The quantitative estimate of drug-likeness (QED) is 0.306. The van der Waals surface area contributed by atoms with Gasteiger partial charge in [0.05, 0.1) is 18.8 Å². The normalized spacial score (nSPS) is 12.2. The van der Waals surface area contributed by atoms with Crippen LogP contribution in [0.4, 0.5) is 0 Å². The largest absolute Gasteiger partial charge is 0.489 e. The van der Waals surface area contributed by atoms with Crippen LogP contribution in [0.1, 0.15) is 50.3 Å². The Kier molecular flexibility index (Phi) is 11.0. The lowest BCUT2D eigenvalue weighted by atomic mass is 10.1. The third-order valence-electron chi connectivity index (χ3n) is 4.33. The number of aliphatic imine (C=N–C) groups is 1. The molecule has 1 heterocycles. The van der Waals surface area contributed by atoms with Crippen LogP contribution >= 0.6 is 24.0 Å². The molecule has 1 unspecified atom stereocenters. The van der Waals surface area contributed by atoms with Gasteiger partial charge in [0.25, 0.3) is 0 Å². The fourth-order valence-electron chi connectivity index (χ4n) is 2.80. The number of ether oxygens (including phenoxy) is 1. The predicted molar refractivity (Wildman–Crippen MR) is 125 cm³/mol. The number of aromatic nitrogens is 1. The zero-order valence-electron chi connectivity index (χ0n) is 17.5. The lowest BCUT2D eigenvalue weighted by Crippen LogP contribution is -2.41. The average Bonchev–Trinajstić information content (AvgIpc) is 3.07. The summed E-state index contributed by atoms with van der Waals surface area (Å²) in [5.41, 5.74) is 3.22. The molecule has 1 aromatic carbocycles. The van der Waals surface area contributed by atoms with Crippen LogP contribution < -0.4 is 15.4 Å². The molecule has 0 fully saturated rings. The molecule has 0 aliphatic heterocycles. The molecule has 0 saturated heterocycles. The molecule has 2 N–H and O–H groups in total. The zero-order chi connectivity index (χ0) is 19.6. The molecule has 0 amide bonds. The van der Waals surface area contributed by atoms with E-state index >= 15 is 0 Å². The van der Waals surface area contributed by atoms with Crippen LogP contribution in [0, 0.1) is 6.92 Å². The maximum Gasteiger partial charge on any atom is 0.191 e. The molecule has 1 aromatic heterocycles. The third kappa shape index (κ3) is 7.00. The van der Waals surface area contributed by atoms with Crippen molar-refractivity contribution in [3.8, 4) is 5.75 Å². The Balaban J connectivity index is 0.00000392. The highest BCUT2D eigenvalue weighted by atomic mass is 127. The number of benzene rings is 1. The lowest BCUT2D eigenvalue weighted by Gasteiger charge is -2.18. The first kappa shape index (κ1) is 24.3. The lowest BCUT2D eigenvalue weighted by molar-refractivity contribution is 0.222. The second-order valence-corrected chi connectivity index (χ2v) is 6.51. The Morgan fingerprint density at radius 3 is 2.57 bits per heavy atom. The molecule has 6 nitrogen and oxygen atoms in total. The van der Waals surface area contributed by atoms with Gasteiger partial charge in [0.2, 0.25) is 0 Å². The molecule has 1 atom stereocenters. The van der Waals surface area contributed by atoms with Gasteiger partial charge in [0.15, 0.2) is 5.96 Å². The van der Waals surface area contributed by atoms with Gasteiger partial charge >= 0.3 is 0 Å². The van der Waals surface area contributed by atoms with Gasteiger partial charge in [0.1, 0.15) is 17.6 Å². The molecule has 0 aliphatic rings. The summed E-state index contributed by atoms with van der Waals surface area (Å²) in [6.45, 7) is 12.3. The predicted octanol–water partition coefficient (Wildman–Crippen LogP) is 4.25. The number of halogens is 1. The van der Waals surface area contributed by atoms with Crippen molar-refractivity contribution < 1.29 is 9.26 Å². The smallest absolute Gasteiger partial charge is 0.191 e. The Bertz CT molecular complexity index is 724. The molecular formula is C21H33IN4O2. The minimum Gasteiger partial charge on any atom is -0.489 e. The summed E-state index contributed by atoms with van der Waals surface area (Å²) < 4.78 is 11.5. The molecule has 28 heavy (non-hydrogen) atoms. The zero-order valence-corrected chi connectivity index (χ0v) is 19.9. The summed E-state index contributed by atoms with van der Waals surface area (Å²) in [5, 5.41) is 10.8. The second kappa shape index (κ2) is 12.6. The summed E-state index contributed by atoms with van der Waals surface area (Å²) in [7, 11) is 0. The van der Waals surface area contributed by atoms with Crippen LogP contribution in [-0.2, 0) is 19.4 Å². The number of para-hydroxylation sites is 1. The molecule has 0 bridgehead atoms. The maximum atomic E-state index is 6.03. The van der Waals surface area contributed by atoms with Crippen LogP contribution in [0.25, 0.3) is 0 Å². The number of hydrogen-bond acceptors (Lipinski definition) is 4. The Morgan fingerprint density at radius 1 is 1.18 bits per heavy atom. The number of nitrogens with one attached hydrogen (secondary N) is 2. The molecule has 7 heteroatoms. The third-order valence-corrected chi connectivity index (χ3v) is 4.33. The van der Waals surface area contributed by atoms with E-state index in [4.69, 9.17) is 14.3 Å². The molecule has 0 radical (unpaired) electrons. The molecule has 2 aromatic rings. The number of hydrogen-bond donors (Lipinski definition) is 2. The first-order chi connectivity index (χ1) is 13.1. The molecular weight excluding hydrogens is 467 g/mol. The number of guanidine groups is 1. The van der Waals surface area contributed by atoms with Crippen LogP contribution in [-0.4, -0.2) is 30.3 Å². The van der Waals surface area contributed by atoms with Gasteiger partial charge in [-0.25, -0.2) is 4.99 Å². The van der Waals surface area contributed by atoms with E-state index in [1.807, 2.05) is 25.1 Å². The van der Waals surface area contributed by atoms with E-state index in [0.717, 1.165) is 53.7 Å². The molecule has 2 rings (SSSR count). The fraction of sp³-hybridized carbons (Fsp3) is 0.524. The minimum atomic E-state index is 0. The van der Waals surface area contributed by atoms with Crippen molar-refractivity contribution in [3.05, 3.63) is 46.8 Å². The number of nitrogens with zero attached hydrogens (tertiary/aromatic N) is 2. The second-order valence-electron chi connectivity index (χ2n) is 6.51. The van der Waals surface area contributed by atoms with Crippen molar-refractivity contribution in [1.82, 2.24) is 15.8 Å². The van der Waals surface area contributed by atoms with Crippen molar-refractivity contribution in [3.63, 3.8) is 0 Å². The van der Waals surface area contributed by atoms with Crippen molar-refractivity contribution in [2.75, 3.05) is 13.1 Å². The van der Waals surface area contributed by atoms with Crippen LogP contribution in [0.3, 0.4) is 0 Å². The summed E-state index contributed by atoms with van der Waals surface area (Å²) in [6, 6.07) is 8.05. The van der Waals surface area contributed by atoms with E-state index in [-0.39, 0.29) is 30.1 Å². The van der Waals surface area contributed by atoms with E-state index in [0.29, 0.717) is 13.1 Å². The minimum absolute atomic E-state index is 0. The van der Waals surface area contributed by atoms with Gasteiger partial charge < -0.3 is 19.9 Å². The Hall–Kier alpha value is -1.77. The van der Waals surface area contributed by atoms with Crippen molar-refractivity contribution in [2.24, 2.45) is 4.99 Å². The Labute approximate surface area is 185 Å². The summed E-state index contributed by atoms with van der Waals surface area (Å²) in [4.78, 5) is 4.71. The topological polar surface area (TPSA) is 71.7 Å². The van der Waals surface area contributed by atoms with Crippen molar-refractivity contribution in [2.45, 2.75) is 60.1 Å². The number of aryl methyl sites for hydroxylation is 3. The molecule has 0 spiro atoms. The maximum absolute atomic E-state index is 6.03. The van der Waals surface area contributed by atoms with E-state index in [9.17, 15) is 0 Å². The first-order valence-corrected chi connectivity index (χ1v) is 9.79. The van der Waals surface area contributed by atoms with Gasteiger partial charge in [-0.15, -0.1) is 24.0 Å². The fourth-order valence-corrected chi connectivity index (χ4v) is 2.80. The van der Waals surface area contributed by atoms with E-state index in [1.54, 1.807) is 0 Å². The SMILES string of the molecule is CCNC(=NCc1c(CC)noc1CC)NCC(C)Oc1ccccc1C.I. The van der Waals surface area contributed by atoms with Crippen LogP contribution in [0.2, 0.25) is 0 Å². The van der Waals surface area contributed by atoms with Gasteiger partial charge in [-0.05, 0) is 38.8 Å². The summed E-state index contributed by atoms with van der Waals surface area (Å²) in [5.74, 6) is 2.60.